The summed E-state index contributed by atoms with van der Waals surface area (Å²) >= 11 is 1.22. The highest BCUT2D eigenvalue weighted by Gasteiger charge is 2.20. The maximum Gasteiger partial charge on any atom is 0.338 e. The minimum Gasteiger partial charge on any atom is -0.491 e. The second kappa shape index (κ2) is 11.6. The van der Waals surface area contributed by atoms with Gasteiger partial charge in [0.05, 0.1) is 18.3 Å². The van der Waals surface area contributed by atoms with Crippen LogP contribution in [0.15, 0.2) is 39.0 Å². The Morgan fingerprint density at radius 1 is 1.11 bits per heavy atom. The van der Waals surface area contributed by atoms with Gasteiger partial charge < -0.3 is 19.3 Å². The summed E-state index contributed by atoms with van der Waals surface area (Å²) < 4.78 is 19.9. The zero-order valence-electron chi connectivity index (χ0n) is 20.4. The number of imidazole rings is 1. The highest BCUT2D eigenvalue weighted by atomic mass is 32.2. The molecule has 0 spiro atoms. The van der Waals surface area contributed by atoms with Gasteiger partial charge in [-0.3, -0.25) is 18.5 Å². The number of aromatic nitrogens is 4. The minimum atomic E-state index is -0.849. The molecule has 0 unspecified atom stereocenters. The van der Waals surface area contributed by atoms with E-state index in [1.165, 1.54) is 30.5 Å². The molecule has 35 heavy (non-hydrogen) atoms. The molecule has 1 N–H and O–H groups in total. The summed E-state index contributed by atoms with van der Waals surface area (Å²) in [6, 6.07) is 6.49. The Labute approximate surface area is 206 Å². The van der Waals surface area contributed by atoms with E-state index in [0.717, 1.165) is 4.57 Å². The van der Waals surface area contributed by atoms with Crippen LogP contribution in [0.1, 0.15) is 24.2 Å². The van der Waals surface area contributed by atoms with Crippen molar-refractivity contribution in [2.75, 3.05) is 26.1 Å². The van der Waals surface area contributed by atoms with Crippen molar-refractivity contribution in [2.45, 2.75) is 31.8 Å². The molecule has 190 valence electrons. The third-order valence-electron chi connectivity index (χ3n) is 5.06. The van der Waals surface area contributed by atoms with E-state index in [4.69, 9.17) is 14.2 Å². The SMILES string of the molecule is COCn1c(SC[C@@H](O)COc2ccc(C(=O)OCC(C)C)cc2)nc2c1c(=O)n(C)c(=O)n2C. The monoisotopic (exact) mass is 506 g/mol. The first-order valence-corrected chi connectivity index (χ1v) is 12.0. The lowest BCUT2D eigenvalue weighted by atomic mass is 10.2. The van der Waals surface area contributed by atoms with Gasteiger partial charge in [0, 0.05) is 27.0 Å². The van der Waals surface area contributed by atoms with Crippen LogP contribution in [0.2, 0.25) is 0 Å². The fourth-order valence-electron chi connectivity index (χ4n) is 3.21. The van der Waals surface area contributed by atoms with Crippen molar-refractivity contribution in [1.29, 1.82) is 0 Å². The molecule has 0 saturated heterocycles. The first kappa shape index (κ1) is 26.5. The minimum absolute atomic E-state index is 0.00883. The third kappa shape index (κ3) is 6.13. The Morgan fingerprint density at radius 2 is 1.80 bits per heavy atom. The van der Waals surface area contributed by atoms with Crippen molar-refractivity contribution in [3.05, 3.63) is 50.7 Å². The van der Waals surface area contributed by atoms with Crippen LogP contribution in [0.4, 0.5) is 0 Å². The highest BCUT2D eigenvalue weighted by molar-refractivity contribution is 7.99. The van der Waals surface area contributed by atoms with E-state index in [1.807, 2.05) is 13.8 Å². The molecule has 3 aromatic rings. The zero-order valence-corrected chi connectivity index (χ0v) is 21.2. The van der Waals surface area contributed by atoms with Crippen LogP contribution in [0, 0.1) is 5.92 Å². The summed E-state index contributed by atoms with van der Waals surface area (Å²) in [4.78, 5) is 41.3. The smallest absolute Gasteiger partial charge is 0.338 e. The number of aliphatic hydroxyl groups excluding tert-OH is 1. The number of esters is 1. The second-order valence-electron chi connectivity index (χ2n) is 8.41. The van der Waals surface area contributed by atoms with Crippen LogP contribution in [-0.4, -0.2) is 61.9 Å². The van der Waals surface area contributed by atoms with Crippen molar-refractivity contribution in [3.63, 3.8) is 0 Å². The molecule has 3 rings (SSSR count). The molecule has 2 aromatic heterocycles. The van der Waals surface area contributed by atoms with E-state index in [0.29, 0.717) is 23.1 Å². The van der Waals surface area contributed by atoms with Crippen molar-refractivity contribution in [1.82, 2.24) is 18.7 Å². The first-order valence-electron chi connectivity index (χ1n) is 11.0. The molecule has 0 fully saturated rings. The van der Waals surface area contributed by atoms with Gasteiger partial charge in [-0.1, -0.05) is 25.6 Å². The number of fused-ring (bicyclic) bond motifs is 1. The molecule has 1 aromatic carbocycles. The van der Waals surface area contributed by atoms with Crippen molar-refractivity contribution < 1.29 is 24.1 Å². The number of ether oxygens (including phenoxy) is 3. The molecule has 0 radical (unpaired) electrons. The highest BCUT2D eigenvalue weighted by Crippen LogP contribution is 2.23. The van der Waals surface area contributed by atoms with E-state index in [9.17, 15) is 19.5 Å². The molecule has 2 heterocycles. The van der Waals surface area contributed by atoms with Gasteiger partial charge in [-0.15, -0.1) is 0 Å². The fourth-order valence-corrected chi connectivity index (χ4v) is 4.10. The third-order valence-corrected chi connectivity index (χ3v) is 6.18. The second-order valence-corrected chi connectivity index (χ2v) is 9.40. The standard InChI is InChI=1S/C23H30N4O7S/c1-14(2)10-34-21(30)15-6-8-17(9-7-15)33-11-16(28)12-35-22-24-19-18(27(22)13-32-5)20(29)26(4)23(31)25(19)3/h6-9,14,16,28H,10-13H2,1-5H3/t16-/m0/s1. The molecular formula is C23H30N4O7S. The van der Waals surface area contributed by atoms with Gasteiger partial charge in [0.1, 0.15) is 19.1 Å². The lowest BCUT2D eigenvalue weighted by molar-refractivity contribution is 0.0459. The van der Waals surface area contributed by atoms with E-state index in [-0.39, 0.29) is 36.2 Å². The predicted molar refractivity (Wildman–Crippen MR) is 131 cm³/mol. The number of carbonyl (C=O) groups excluding carboxylic acids is 1. The number of hydrogen-bond acceptors (Lipinski definition) is 9. The Kier molecular flexibility index (Phi) is 8.76. The van der Waals surface area contributed by atoms with Crippen molar-refractivity contribution in [3.8, 4) is 5.75 Å². The molecule has 0 bridgehead atoms. The van der Waals surface area contributed by atoms with E-state index in [1.54, 1.807) is 35.9 Å². The van der Waals surface area contributed by atoms with Crippen LogP contribution in [0.3, 0.4) is 0 Å². The van der Waals surface area contributed by atoms with E-state index < -0.39 is 23.3 Å². The molecule has 0 aliphatic rings. The van der Waals surface area contributed by atoms with Gasteiger partial charge in [-0.05, 0) is 30.2 Å². The average molecular weight is 507 g/mol. The van der Waals surface area contributed by atoms with Crippen LogP contribution in [-0.2, 0) is 30.3 Å². The van der Waals surface area contributed by atoms with Gasteiger partial charge in [-0.25, -0.2) is 14.6 Å². The summed E-state index contributed by atoms with van der Waals surface area (Å²) in [6.07, 6.45) is -0.849. The number of carbonyl (C=O) groups is 1. The van der Waals surface area contributed by atoms with E-state index >= 15 is 0 Å². The molecule has 11 nitrogen and oxygen atoms in total. The molecular weight excluding hydrogens is 476 g/mol. The predicted octanol–water partition coefficient (Wildman–Crippen LogP) is 1.38. The van der Waals surface area contributed by atoms with Gasteiger partial charge in [0.25, 0.3) is 5.56 Å². The maximum atomic E-state index is 12.7. The Balaban J connectivity index is 1.64. The zero-order chi connectivity index (χ0) is 25.7. The van der Waals surface area contributed by atoms with Crippen LogP contribution in [0.5, 0.6) is 5.75 Å². The van der Waals surface area contributed by atoms with Gasteiger partial charge in [-0.2, -0.15) is 0 Å². The van der Waals surface area contributed by atoms with Crippen LogP contribution < -0.4 is 16.0 Å². The van der Waals surface area contributed by atoms with Crippen LogP contribution in [0.25, 0.3) is 11.2 Å². The summed E-state index contributed by atoms with van der Waals surface area (Å²) in [5.41, 5.74) is -0.0348. The van der Waals surface area contributed by atoms with Gasteiger partial charge in [0.2, 0.25) is 0 Å². The van der Waals surface area contributed by atoms with E-state index in [2.05, 4.69) is 4.98 Å². The average Bonchev–Trinajstić information content (AvgIpc) is 3.21. The molecule has 0 amide bonds. The Bertz CT molecular complexity index is 1290. The van der Waals surface area contributed by atoms with Gasteiger partial charge >= 0.3 is 11.7 Å². The number of rotatable bonds is 11. The maximum absolute atomic E-state index is 12.7. The number of nitrogens with zero attached hydrogens (tertiary/aromatic N) is 4. The normalized spacial score (nSPS) is 12.3. The lowest BCUT2D eigenvalue weighted by Crippen LogP contribution is -2.37. The molecule has 0 aliphatic carbocycles. The Morgan fingerprint density at radius 3 is 2.43 bits per heavy atom. The summed E-state index contributed by atoms with van der Waals surface area (Å²) in [6.45, 7) is 4.35. The number of benzene rings is 1. The first-order chi connectivity index (χ1) is 16.6. The topological polar surface area (TPSA) is 127 Å². The molecule has 0 saturated carbocycles. The lowest BCUT2D eigenvalue weighted by Gasteiger charge is -2.13. The summed E-state index contributed by atoms with van der Waals surface area (Å²) in [5.74, 6) is 0.581. The van der Waals surface area contributed by atoms with Gasteiger partial charge in [0.15, 0.2) is 16.3 Å². The number of thioether (sulfide) groups is 1. The molecule has 0 aliphatic heterocycles. The largest absolute Gasteiger partial charge is 0.491 e. The number of hydrogen-bond donors (Lipinski definition) is 1. The van der Waals surface area contributed by atoms with Crippen LogP contribution >= 0.6 is 11.8 Å². The summed E-state index contributed by atoms with van der Waals surface area (Å²) in [7, 11) is 4.44. The van der Waals surface area contributed by atoms with Crippen molar-refractivity contribution >= 4 is 28.9 Å². The fraction of sp³-hybridized carbons (Fsp3) is 0.478. The molecule has 1 atom stereocenters. The Hall–Kier alpha value is -3.09. The number of methoxy groups -OCH3 is 1. The molecule has 12 heteroatoms. The van der Waals surface area contributed by atoms with Crippen molar-refractivity contribution in [2.24, 2.45) is 20.0 Å². The number of aliphatic hydroxyl groups is 1. The number of aryl methyl sites for hydroxylation is 1. The summed E-state index contributed by atoms with van der Waals surface area (Å²) in [5, 5.41) is 10.9. The quantitative estimate of drug-likeness (QED) is 0.303.